The second-order valence-corrected chi connectivity index (χ2v) is 5.44. The maximum absolute atomic E-state index is 12.2. The normalized spacial score (nSPS) is 13.5. The molecule has 21 heavy (non-hydrogen) atoms. The van der Waals surface area contributed by atoms with Crippen LogP contribution in [0.1, 0.15) is 44.7 Å². The van der Waals surface area contributed by atoms with E-state index < -0.39 is 0 Å². The lowest BCUT2D eigenvalue weighted by molar-refractivity contribution is -0.125. The summed E-state index contributed by atoms with van der Waals surface area (Å²) in [4.78, 5) is 12.2. The van der Waals surface area contributed by atoms with Gasteiger partial charge in [0.05, 0.1) is 13.2 Å². The van der Waals surface area contributed by atoms with Crippen molar-refractivity contribution in [3.8, 4) is 5.75 Å². The highest BCUT2D eigenvalue weighted by molar-refractivity contribution is 5.79. The van der Waals surface area contributed by atoms with E-state index in [9.17, 15) is 4.79 Å². The number of benzene rings is 1. The standard InChI is InChI=1S/C17H28N2O2/c1-5-6-7-16(19-17(20)13(2)12-18-3)14-8-10-15(21-4)11-9-14/h8-11,13,16,18H,5-7,12H2,1-4H3,(H,19,20). The summed E-state index contributed by atoms with van der Waals surface area (Å²) in [6, 6.07) is 8.02. The Morgan fingerprint density at radius 2 is 1.95 bits per heavy atom. The second kappa shape index (κ2) is 9.40. The van der Waals surface area contributed by atoms with Crippen molar-refractivity contribution in [1.82, 2.24) is 10.6 Å². The zero-order chi connectivity index (χ0) is 15.7. The number of methoxy groups -OCH3 is 1. The molecule has 0 heterocycles. The van der Waals surface area contributed by atoms with Crippen molar-refractivity contribution in [3.05, 3.63) is 29.8 Å². The van der Waals surface area contributed by atoms with Crippen LogP contribution in [-0.2, 0) is 4.79 Å². The number of carbonyl (C=O) groups is 1. The lowest BCUT2D eigenvalue weighted by Gasteiger charge is -2.21. The molecule has 2 atom stereocenters. The first-order chi connectivity index (χ1) is 10.1. The third kappa shape index (κ3) is 5.76. The largest absolute Gasteiger partial charge is 0.497 e. The minimum Gasteiger partial charge on any atom is -0.497 e. The number of nitrogens with one attached hydrogen (secondary N) is 2. The number of carbonyl (C=O) groups excluding carboxylic acids is 1. The SMILES string of the molecule is CCCCC(NC(=O)C(C)CNC)c1ccc(OC)cc1. The first-order valence-corrected chi connectivity index (χ1v) is 7.71. The van der Waals surface area contributed by atoms with Crippen LogP contribution >= 0.6 is 0 Å². The van der Waals surface area contributed by atoms with Gasteiger partial charge in [0.2, 0.25) is 5.91 Å². The molecule has 1 amide bonds. The number of hydrogen-bond acceptors (Lipinski definition) is 3. The van der Waals surface area contributed by atoms with Gasteiger partial charge >= 0.3 is 0 Å². The maximum Gasteiger partial charge on any atom is 0.224 e. The van der Waals surface area contributed by atoms with Gasteiger partial charge in [-0.05, 0) is 31.2 Å². The highest BCUT2D eigenvalue weighted by atomic mass is 16.5. The lowest BCUT2D eigenvalue weighted by atomic mass is 10.00. The van der Waals surface area contributed by atoms with E-state index in [0.29, 0.717) is 6.54 Å². The van der Waals surface area contributed by atoms with Crippen LogP contribution < -0.4 is 15.4 Å². The number of unbranched alkanes of at least 4 members (excludes halogenated alkanes) is 1. The van der Waals surface area contributed by atoms with Crippen LogP contribution in [0.15, 0.2) is 24.3 Å². The van der Waals surface area contributed by atoms with Crippen LogP contribution in [0.25, 0.3) is 0 Å². The third-order valence-corrected chi connectivity index (χ3v) is 3.64. The fraction of sp³-hybridized carbons (Fsp3) is 0.588. The third-order valence-electron chi connectivity index (χ3n) is 3.64. The molecule has 4 heteroatoms. The molecule has 0 saturated heterocycles. The van der Waals surface area contributed by atoms with Crippen LogP contribution in [0.5, 0.6) is 5.75 Å². The van der Waals surface area contributed by atoms with Crippen molar-refractivity contribution in [2.75, 3.05) is 20.7 Å². The van der Waals surface area contributed by atoms with E-state index in [4.69, 9.17) is 4.74 Å². The summed E-state index contributed by atoms with van der Waals surface area (Å²) in [7, 11) is 3.52. The molecule has 0 bridgehead atoms. The Morgan fingerprint density at radius 3 is 2.48 bits per heavy atom. The van der Waals surface area contributed by atoms with E-state index in [-0.39, 0.29) is 17.9 Å². The monoisotopic (exact) mass is 292 g/mol. The average molecular weight is 292 g/mol. The molecular formula is C17H28N2O2. The molecule has 0 saturated carbocycles. The van der Waals surface area contributed by atoms with Crippen molar-refractivity contribution in [2.45, 2.75) is 39.2 Å². The number of hydrogen-bond donors (Lipinski definition) is 2. The molecule has 2 N–H and O–H groups in total. The maximum atomic E-state index is 12.2. The number of rotatable bonds is 9. The van der Waals surface area contributed by atoms with Crippen LogP contribution in [0.2, 0.25) is 0 Å². The quantitative estimate of drug-likeness (QED) is 0.736. The van der Waals surface area contributed by atoms with Crippen molar-refractivity contribution >= 4 is 5.91 Å². The Kier molecular flexibility index (Phi) is 7.83. The van der Waals surface area contributed by atoms with Gasteiger partial charge in [-0.15, -0.1) is 0 Å². The molecule has 0 aliphatic carbocycles. The van der Waals surface area contributed by atoms with Crippen LogP contribution in [-0.4, -0.2) is 26.6 Å². The summed E-state index contributed by atoms with van der Waals surface area (Å²) in [5, 5.41) is 6.21. The predicted molar refractivity (Wildman–Crippen MR) is 86.5 cm³/mol. The van der Waals surface area contributed by atoms with Crippen molar-refractivity contribution in [1.29, 1.82) is 0 Å². The first-order valence-electron chi connectivity index (χ1n) is 7.71. The predicted octanol–water partition coefficient (Wildman–Crippen LogP) is 2.90. The van der Waals surface area contributed by atoms with E-state index >= 15 is 0 Å². The van der Waals surface area contributed by atoms with Gasteiger partial charge in [-0.3, -0.25) is 4.79 Å². The highest BCUT2D eigenvalue weighted by Gasteiger charge is 2.18. The Hall–Kier alpha value is -1.55. The summed E-state index contributed by atoms with van der Waals surface area (Å²) >= 11 is 0. The average Bonchev–Trinajstić information content (AvgIpc) is 2.51. The fourth-order valence-corrected chi connectivity index (χ4v) is 2.28. The number of amides is 1. The molecule has 0 radical (unpaired) electrons. The highest BCUT2D eigenvalue weighted by Crippen LogP contribution is 2.22. The summed E-state index contributed by atoms with van der Waals surface area (Å²) in [6.45, 7) is 4.79. The molecule has 2 unspecified atom stereocenters. The van der Waals surface area contributed by atoms with Crippen molar-refractivity contribution < 1.29 is 9.53 Å². The fourth-order valence-electron chi connectivity index (χ4n) is 2.28. The zero-order valence-corrected chi connectivity index (χ0v) is 13.6. The molecule has 1 rings (SSSR count). The van der Waals surface area contributed by atoms with Gasteiger partial charge in [-0.2, -0.15) is 0 Å². The molecule has 4 nitrogen and oxygen atoms in total. The number of ether oxygens (including phenoxy) is 1. The Balaban J connectivity index is 2.76. The smallest absolute Gasteiger partial charge is 0.224 e. The van der Waals surface area contributed by atoms with Gasteiger partial charge in [0, 0.05) is 12.5 Å². The molecule has 0 aromatic heterocycles. The van der Waals surface area contributed by atoms with Crippen LogP contribution in [0.4, 0.5) is 0 Å². The molecule has 0 aliphatic heterocycles. The summed E-state index contributed by atoms with van der Waals surface area (Å²) in [5.41, 5.74) is 1.13. The van der Waals surface area contributed by atoms with E-state index in [2.05, 4.69) is 17.6 Å². The molecule has 1 aromatic rings. The van der Waals surface area contributed by atoms with Gasteiger partial charge in [-0.25, -0.2) is 0 Å². The van der Waals surface area contributed by atoms with Gasteiger partial charge in [0.1, 0.15) is 5.75 Å². The van der Waals surface area contributed by atoms with E-state index in [1.165, 1.54) is 0 Å². The van der Waals surface area contributed by atoms with E-state index in [1.54, 1.807) is 7.11 Å². The van der Waals surface area contributed by atoms with E-state index in [1.807, 2.05) is 38.2 Å². The van der Waals surface area contributed by atoms with Gasteiger partial charge in [-0.1, -0.05) is 38.8 Å². The Labute approximate surface area is 128 Å². The van der Waals surface area contributed by atoms with Crippen molar-refractivity contribution in [3.63, 3.8) is 0 Å². The minimum absolute atomic E-state index is 0.0302. The second-order valence-electron chi connectivity index (χ2n) is 5.44. The molecule has 0 fully saturated rings. The van der Waals surface area contributed by atoms with Gasteiger partial charge in [0.25, 0.3) is 0 Å². The van der Waals surface area contributed by atoms with Crippen LogP contribution in [0, 0.1) is 5.92 Å². The molecule has 118 valence electrons. The lowest BCUT2D eigenvalue weighted by Crippen LogP contribution is -2.36. The summed E-state index contributed by atoms with van der Waals surface area (Å²) in [5.74, 6) is 0.904. The van der Waals surface area contributed by atoms with Gasteiger partial charge < -0.3 is 15.4 Å². The van der Waals surface area contributed by atoms with E-state index in [0.717, 1.165) is 30.6 Å². The molecule has 1 aromatic carbocycles. The Bertz CT molecular complexity index is 417. The summed E-state index contributed by atoms with van der Waals surface area (Å²) < 4.78 is 5.19. The summed E-state index contributed by atoms with van der Waals surface area (Å²) in [6.07, 6.45) is 3.17. The van der Waals surface area contributed by atoms with Crippen molar-refractivity contribution in [2.24, 2.45) is 5.92 Å². The zero-order valence-electron chi connectivity index (χ0n) is 13.6. The molecule has 0 aliphatic rings. The molecular weight excluding hydrogens is 264 g/mol. The Morgan fingerprint density at radius 1 is 1.29 bits per heavy atom. The van der Waals surface area contributed by atoms with Crippen LogP contribution in [0.3, 0.4) is 0 Å². The van der Waals surface area contributed by atoms with Gasteiger partial charge in [0.15, 0.2) is 0 Å². The first kappa shape index (κ1) is 17.5. The molecule has 0 spiro atoms. The minimum atomic E-state index is -0.0302. The topological polar surface area (TPSA) is 50.4 Å².